The van der Waals surface area contributed by atoms with Gasteiger partial charge in [-0.05, 0) is 25.0 Å². The zero-order chi connectivity index (χ0) is 11.5. The maximum absolute atomic E-state index is 10.8. The molecule has 1 aliphatic heterocycles. The van der Waals surface area contributed by atoms with Crippen LogP contribution in [-0.2, 0) is 4.79 Å². The van der Waals surface area contributed by atoms with Crippen LogP contribution in [0.2, 0.25) is 0 Å². The van der Waals surface area contributed by atoms with Gasteiger partial charge in [0, 0.05) is 13.1 Å². The molecule has 1 fully saturated rings. The second kappa shape index (κ2) is 4.38. The predicted molar refractivity (Wildman–Crippen MR) is 61.2 cm³/mol. The first kappa shape index (κ1) is 10.7. The third-order valence-electron chi connectivity index (χ3n) is 2.98. The lowest BCUT2D eigenvalue weighted by atomic mass is 9.97. The molecule has 0 spiro atoms. The molecule has 5 heteroatoms. The number of pyridine rings is 1. The molecule has 0 aromatic carbocycles. The van der Waals surface area contributed by atoms with E-state index in [1.807, 2.05) is 6.07 Å². The number of nitrogens with zero attached hydrogens (tertiary/aromatic N) is 2. The molecule has 0 aliphatic carbocycles. The van der Waals surface area contributed by atoms with Crippen molar-refractivity contribution in [1.82, 2.24) is 4.98 Å². The lowest BCUT2D eigenvalue weighted by molar-refractivity contribution is -0.142. The Hall–Kier alpha value is -1.78. The summed E-state index contributed by atoms with van der Waals surface area (Å²) >= 11 is 0. The van der Waals surface area contributed by atoms with Crippen molar-refractivity contribution in [2.24, 2.45) is 5.92 Å². The Morgan fingerprint density at radius 1 is 1.44 bits per heavy atom. The zero-order valence-electron chi connectivity index (χ0n) is 8.97. The number of nitrogen functional groups attached to an aromatic ring is 1. The number of hydrogen-bond acceptors (Lipinski definition) is 4. The van der Waals surface area contributed by atoms with Crippen molar-refractivity contribution in [2.45, 2.75) is 12.8 Å². The summed E-state index contributed by atoms with van der Waals surface area (Å²) in [5.74, 6) is -0.378. The van der Waals surface area contributed by atoms with E-state index in [9.17, 15) is 4.79 Å². The van der Waals surface area contributed by atoms with Crippen LogP contribution in [0, 0.1) is 5.92 Å². The van der Waals surface area contributed by atoms with E-state index in [1.165, 1.54) is 0 Å². The largest absolute Gasteiger partial charge is 0.481 e. The molecule has 1 saturated heterocycles. The second-order valence-corrected chi connectivity index (χ2v) is 4.04. The fourth-order valence-corrected chi connectivity index (χ4v) is 1.97. The monoisotopic (exact) mass is 221 g/mol. The van der Waals surface area contributed by atoms with Crippen LogP contribution in [0.15, 0.2) is 18.3 Å². The van der Waals surface area contributed by atoms with Gasteiger partial charge in [-0.1, -0.05) is 0 Å². The number of nitrogens with two attached hydrogens (primary N) is 1. The van der Waals surface area contributed by atoms with Crippen LogP contribution in [0.5, 0.6) is 0 Å². The highest BCUT2D eigenvalue weighted by atomic mass is 16.4. The molecule has 0 radical (unpaired) electrons. The van der Waals surface area contributed by atoms with Crippen LogP contribution in [0.3, 0.4) is 0 Å². The highest BCUT2D eigenvalue weighted by Gasteiger charge is 2.24. The zero-order valence-corrected chi connectivity index (χ0v) is 8.97. The Balaban J connectivity index is 1.99. The average Bonchev–Trinajstić information content (AvgIpc) is 2.30. The van der Waals surface area contributed by atoms with Crippen molar-refractivity contribution in [1.29, 1.82) is 0 Å². The van der Waals surface area contributed by atoms with E-state index in [0.29, 0.717) is 18.7 Å². The van der Waals surface area contributed by atoms with Crippen LogP contribution in [0.25, 0.3) is 0 Å². The molecule has 1 aliphatic rings. The summed E-state index contributed by atoms with van der Waals surface area (Å²) < 4.78 is 0. The fraction of sp³-hybridized carbons (Fsp3) is 0.455. The summed E-state index contributed by atoms with van der Waals surface area (Å²) in [5, 5.41) is 8.88. The van der Waals surface area contributed by atoms with Gasteiger partial charge >= 0.3 is 5.97 Å². The summed E-state index contributed by atoms with van der Waals surface area (Å²) in [4.78, 5) is 17.0. The molecular weight excluding hydrogens is 206 g/mol. The number of anilines is 2. The molecule has 2 heterocycles. The van der Waals surface area contributed by atoms with Crippen LogP contribution in [-0.4, -0.2) is 29.1 Å². The molecular formula is C11H15N3O2. The highest BCUT2D eigenvalue weighted by molar-refractivity contribution is 5.70. The van der Waals surface area contributed by atoms with E-state index in [-0.39, 0.29) is 5.92 Å². The Morgan fingerprint density at radius 2 is 2.12 bits per heavy atom. The number of carboxylic acids is 1. The minimum Gasteiger partial charge on any atom is -0.481 e. The lowest BCUT2D eigenvalue weighted by Crippen LogP contribution is -2.36. The van der Waals surface area contributed by atoms with E-state index in [4.69, 9.17) is 10.8 Å². The van der Waals surface area contributed by atoms with Crippen molar-refractivity contribution in [3.8, 4) is 0 Å². The number of piperidine rings is 1. The fourth-order valence-electron chi connectivity index (χ4n) is 1.97. The quantitative estimate of drug-likeness (QED) is 0.777. The Kier molecular flexibility index (Phi) is 2.94. The lowest BCUT2D eigenvalue weighted by Gasteiger charge is -2.31. The van der Waals surface area contributed by atoms with Gasteiger partial charge in [0.2, 0.25) is 0 Å². The van der Waals surface area contributed by atoms with E-state index in [1.54, 1.807) is 12.3 Å². The average molecular weight is 221 g/mol. The first-order chi connectivity index (χ1) is 7.66. The van der Waals surface area contributed by atoms with Gasteiger partial charge in [-0.25, -0.2) is 4.98 Å². The molecule has 5 nitrogen and oxygen atoms in total. The SMILES string of the molecule is Nc1ccc(N2CCC(C(=O)O)CC2)cn1. The van der Waals surface area contributed by atoms with Crippen molar-refractivity contribution < 1.29 is 9.90 Å². The summed E-state index contributed by atoms with van der Waals surface area (Å²) in [6, 6.07) is 3.68. The van der Waals surface area contributed by atoms with Crippen molar-refractivity contribution >= 4 is 17.5 Å². The van der Waals surface area contributed by atoms with Crippen LogP contribution >= 0.6 is 0 Å². The highest BCUT2D eigenvalue weighted by Crippen LogP contribution is 2.23. The maximum Gasteiger partial charge on any atom is 0.306 e. The van der Waals surface area contributed by atoms with Crippen LogP contribution in [0.4, 0.5) is 11.5 Å². The minimum atomic E-state index is -0.685. The van der Waals surface area contributed by atoms with Crippen LogP contribution in [0.1, 0.15) is 12.8 Å². The van der Waals surface area contributed by atoms with E-state index in [2.05, 4.69) is 9.88 Å². The molecule has 86 valence electrons. The van der Waals surface area contributed by atoms with Gasteiger partial charge in [-0.3, -0.25) is 4.79 Å². The van der Waals surface area contributed by atoms with Crippen LogP contribution < -0.4 is 10.6 Å². The Bertz CT molecular complexity index is 369. The molecule has 16 heavy (non-hydrogen) atoms. The first-order valence-electron chi connectivity index (χ1n) is 5.36. The summed E-state index contributed by atoms with van der Waals surface area (Å²) in [5.41, 5.74) is 6.52. The normalized spacial score (nSPS) is 17.4. The molecule has 0 bridgehead atoms. The van der Waals surface area contributed by atoms with Gasteiger partial charge in [0.1, 0.15) is 5.82 Å². The van der Waals surface area contributed by atoms with E-state index >= 15 is 0 Å². The topological polar surface area (TPSA) is 79.5 Å². The number of aromatic nitrogens is 1. The molecule has 1 aromatic heterocycles. The van der Waals surface area contributed by atoms with Gasteiger partial charge in [-0.15, -0.1) is 0 Å². The third-order valence-corrected chi connectivity index (χ3v) is 2.98. The van der Waals surface area contributed by atoms with E-state index < -0.39 is 5.97 Å². The van der Waals surface area contributed by atoms with Gasteiger partial charge in [0.25, 0.3) is 0 Å². The van der Waals surface area contributed by atoms with Gasteiger partial charge in [0.15, 0.2) is 0 Å². The minimum absolute atomic E-state index is 0.196. The molecule has 1 aromatic rings. The third kappa shape index (κ3) is 2.24. The molecule has 3 N–H and O–H groups in total. The van der Waals surface area contributed by atoms with Crippen molar-refractivity contribution in [2.75, 3.05) is 23.7 Å². The standard InChI is InChI=1S/C11H15N3O2/c12-10-2-1-9(7-13-10)14-5-3-8(4-6-14)11(15)16/h1-2,7-8H,3-6H2,(H2,12,13)(H,15,16). The number of hydrogen-bond donors (Lipinski definition) is 2. The Labute approximate surface area is 93.9 Å². The molecule has 2 rings (SSSR count). The summed E-state index contributed by atoms with van der Waals surface area (Å²) in [6.45, 7) is 1.53. The van der Waals surface area contributed by atoms with Gasteiger partial charge < -0.3 is 15.7 Å². The number of carbonyl (C=O) groups is 1. The van der Waals surface area contributed by atoms with Crippen molar-refractivity contribution in [3.05, 3.63) is 18.3 Å². The number of carboxylic acid groups (broad SMARTS) is 1. The second-order valence-electron chi connectivity index (χ2n) is 4.04. The first-order valence-corrected chi connectivity index (χ1v) is 5.36. The molecule has 0 unspecified atom stereocenters. The van der Waals surface area contributed by atoms with Crippen molar-refractivity contribution in [3.63, 3.8) is 0 Å². The smallest absolute Gasteiger partial charge is 0.306 e. The number of aliphatic carboxylic acids is 1. The Morgan fingerprint density at radius 3 is 2.62 bits per heavy atom. The number of rotatable bonds is 2. The summed E-state index contributed by atoms with van der Waals surface area (Å²) in [7, 11) is 0. The van der Waals surface area contributed by atoms with Gasteiger partial charge in [-0.2, -0.15) is 0 Å². The molecule has 0 amide bonds. The summed E-state index contributed by atoms with van der Waals surface area (Å²) in [6.07, 6.45) is 3.12. The predicted octanol–water partition coefficient (Wildman–Crippen LogP) is 0.965. The van der Waals surface area contributed by atoms with E-state index in [0.717, 1.165) is 18.8 Å². The maximum atomic E-state index is 10.8. The van der Waals surface area contributed by atoms with Gasteiger partial charge in [0.05, 0.1) is 17.8 Å². The molecule has 0 atom stereocenters. The molecule has 0 saturated carbocycles.